The second kappa shape index (κ2) is 6.12. The third kappa shape index (κ3) is 2.78. The van der Waals surface area contributed by atoms with Crippen LogP contribution in [0.4, 0.5) is 10.1 Å². The number of halogens is 1. The number of amides is 1. The van der Waals surface area contributed by atoms with Gasteiger partial charge in [-0.15, -0.1) is 0 Å². The first-order chi connectivity index (χ1) is 12.4. The maximum absolute atomic E-state index is 15.2. The van der Waals surface area contributed by atoms with Crippen molar-refractivity contribution in [2.75, 3.05) is 10.8 Å². The SMILES string of the molecule is O=C1CN(c2c(O)cc3ccc(C4CCCCC4)cc3c2F)S(=O)(=O)N1. The number of benzene rings is 2. The second-order valence-electron chi connectivity index (χ2n) is 6.91. The van der Waals surface area contributed by atoms with Crippen molar-refractivity contribution < 1.29 is 22.7 Å². The summed E-state index contributed by atoms with van der Waals surface area (Å²) in [5, 5.41) is 10.9. The Hall–Kier alpha value is -2.35. The molecule has 2 aromatic carbocycles. The van der Waals surface area contributed by atoms with Crippen molar-refractivity contribution in [2.24, 2.45) is 0 Å². The van der Waals surface area contributed by atoms with Crippen LogP contribution in [0.15, 0.2) is 24.3 Å². The molecule has 138 valence electrons. The molecule has 1 heterocycles. The first kappa shape index (κ1) is 17.1. The molecular formula is C18H19FN2O4S. The van der Waals surface area contributed by atoms with E-state index in [1.165, 1.54) is 12.5 Å². The van der Waals surface area contributed by atoms with Crippen LogP contribution in [-0.2, 0) is 15.0 Å². The lowest BCUT2D eigenvalue weighted by Gasteiger charge is -2.23. The number of hydrogen-bond acceptors (Lipinski definition) is 4. The number of phenolic OH excluding ortho intramolecular Hbond substituents is 1. The molecule has 1 aliphatic carbocycles. The lowest BCUT2D eigenvalue weighted by molar-refractivity contribution is -0.117. The standard InChI is InChI=1S/C18H19FN2O4S/c19-17-14-8-12(11-4-2-1-3-5-11)6-7-13(14)9-15(22)18(17)21-10-16(23)20-26(21,24)25/h6-9,11,22H,1-5,10H2,(H,20,23). The predicted octanol–water partition coefficient (Wildman–Crippen LogP) is 2.91. The molecule has 4 rings (SSSR count). The van der Waals surface area contributed by atoms with Crippen molar-refractivity contribution in [3.05, 3.63) is 35.6 Å². The summed E-state index contributed by atoms with van der Waals surface area (Å²) in [5.41, 5.74) is 0.530. The van der Waals surface area contributed by atoms with E-state index in [1.807, 2.05) is 6.07 Å². The highest BCUT2D eigenvalue weighted by atomic mass is 32.2. The van der Waals surface area contributed by atoms with E-state index < -0.39 is 39.9 Å². The van der Waals surface area contributed by atoms with Crippen molar-refractivity contribution in [3.63, 3.8) is 0 Å². The molecule has 6 nitrogen and oxygen atoms in total. The van der Waals surface area contributed by atoms with Crippen molar-refractivity contribution >= 4 is 32.6 Å². The highest BCUT2D eigenvalue weighted by Crippen LogP contribution is 2.40. The van der Waals surface area contributed by atoms with Crippen LogP contribution in [0.2, 0.25) is 0 Å². The molecule has 8 heteroatoms. The molecule has 2 aromatic rings. The van der Waals surface area contributed by atoms with Crippen LogP contribution in [0.1, 0.15) is 43.6 Å². The van der Waals surface area contributed by atoms with Gasteiger partial charge in [0.1, 0.15) is 18.0 Å². The third-order valence-corrected chi connectivity index (χ3v) is 6.58. The number of fused-ring (bicyclic) bond motifs is 1. The molecule has 0 unspecified atom stereocenters. The van der Waals surface area contributed by atoms with Crippen LogP contribution < -0.4 is 9.03 Å². The highest BCUT2D eigenvalue weighted by Gasteiger charge is 2.37. The quantitative estimate of drug-likeness (QED) is 0.841. The summed E-state index contributed by atoms with van der Waals surface area (Å²) < 4.78 is 41.6. The molecule has 1 saturated carbocycles. The van der Waals surface area contributed by atoms with Gasteiger partial charge in [0, 0.05) is 5.39 Å². The Morgan fingerprint density at radius 2 is 1.88 bits per heavy atom. The van der Waals surface area contributed by atoms with Gasteiger partial charge in [-0.05, 0) is 41.8 Å². The van der Waals surface area contributed by atoms with Gasteiger partial charge in [0.15, 0.2) is 5.82 Å². The zero-order valence-corrected chi connectivity index (χ0v) is 14.9. The molecule has 0 spiro atoms. The molecule has 0 aromatic heterocycles. The van der Waals surface area contributed by atoms with Gasteiger partial charge in [0.25, 0.3) is 5.91 Å². The normalized spacial score (nSPS) is 20.5. The summed E-state index contributed by atoms with van der Waals surface area (Å²) in [5.74, 6) is -1.75. The number of carbonyl (C=O) groups excluding carboxylic acids is 1. The van der Waals surface area contributed by atoms with Crippen LogP contribution in [0.25, 0.3) is 10.8 Å². The lowest BCUT2D eigenvalue weighted by Crippen LogP contribution is -2.30. The second-order valence-corrected chi connectivity index (χ2v) is 8.51. The van der Waals surface area contributed by atoms with Crippen molar-refractivity contribution in [3.8, 4) is 5.75 Å². The summed E-state index contributed by atoms with van der Waals surface area (Å²) in [6, 6.07) is 6.75. The van der Waals surface area contributed by atoms with E-state index >= 15 is 4.39 Å². The molecule has 26 heavy (non-hydrogen) atoms. The third-order valence-electron chi connectivity index (χ3n) is 5.20. The van der Waals surface area contributed by atoms with Crippen LogP contribution in [-0.4, -0.2) is 26.0 Å². The van der Waals surface area contributed by atoms with E-state index in [2.05, 4.69) is 0 Å². The summed E-state index contributed by atoms with van der Waals surface area (Å²) >= 11 is 0. The van der Waals surface area contributed by atoms with Gasteiger partial charge in [-0.25, -0.2) is 13.4 Å². The maximum atomic E-state index is 15.2. The molecular weight excluding hydrogens is 359 g/mol. The van der Waals surface area contributed by atoms with Crippen LogP contribution >= 0.6 is 0 Å². The highest BCUT2D eigenvalue weighted by molar-refractivity contribution is 7.92. The molecule has 1 saturated heterocycles. The van der Waals surface area contributed by atoms with E-state index in [9.17, 15) is 18.3 Å². The van der Waals surface area contributed by atoms with E-state index in [1.54, 1.807) is 16.9 Å². The molecule has 2 aliphatic rings. The lowest BCUT2D eigenvalue weighted by atomic mass is 9.83. The Morgan fingerprint density at radius 3 is 2.54 bits per heavy atom. The summed E-state index contributed by atoms with van der Waals surface area (Å²) in [6.07, 6.45) is 5.61. The maximum Gasteiger partial charge on any atom is 0.326 e. The van der Waals surface area contributed by atoms with Gasteiger partial charge in [0.05, 0.1) is 0 Å². The summed E-state index contributed by atoms with van der Waals surface area (Å²) in [4.78, 5) is 11.5. The topological polar surface area (TPSA) is 86.7 Å². The minimum absolute atomic E-state index is 0.246. The predicted molar refractivity (Wildman–Crippen MR) is 95.8 cm³/mol. The van der Waals surface area contributed by atoms with E-state index in [4.69, 9.17) is 0 Å². The number of phenols is 1. The molecule has 0 bridgehead atoms. The van der Waals surface area contributed by atoms with Gasteiger partial charge in [-0.3, -0.25) is 4.79 Å². The molecule has 2 fully saturated rings. The van der Waals surface area contributed by atoms with E-state index in [-0.39, 0.29) is 5.39 Å². The van der Waals surface area contributed by atoms with Crippen LogP contribution in [0.5, 0.6) is 5.75 Å². The number of anilines is 1. The number of nitrogens with zero attached hydrogens (tertiary/aromatic N) is 1. The first-order valence-electron chi connectivity index (χ1n) is 8.65. The average molecular weight is 378 g/mol. The molecule has 2 N–H and O–H groups in total. The zero-order chi connectivity index (χ0) is 18.5. The zero-order valence-electron chi connectivity index (χ0n) is 14.0. The van der Waals surface area contributed by atoms with Crippen molar-refractivity contribution in [1.29, 1.82) is 0 Å². The minimum atomic E-state index is -4.20. The molecule has 0 radical (unpaired) electrons. The molecule has 0 atom stereocenters. The fourth-order valence-corrected chi connectivity index (χ4v) is 5.08. The summed E-state index contributed by atoms with van der Waals surface area (Å²) in [7, 11) is -4.20. The van der Waals surface area contributed by atoms with Crippen molar-refractivity contribution in [1.82, 2.24) is 4.72 Å². The number of nitrogens with one attached hydrogen (secondary N) is 1. The summed E-state index contributed by atoms with van der Waals surface area (Å²) in [6.45, 7) is -0.555. The number of carbonyl (C=O) groups is 1. The molecule has 1 amide bonds. The Balaban J connectivity index is 1.85. The van der Waals surface area contributed by atoms with Crippen LogP contribution in [0.3, 0.4) is 0 Å². The first-order valence-corrected chi connectivity index (χ1v) is 10.1. The Kier molecular flexibility index (Phi) is 4.02. The van der Waals surface area contributed by atoms with Crippen molar-refractivity contribution in [2.45, 2.75) is 38.0 Å². The van der Waals surface area contributed by atoms with E-state index in [0.29, 0.717) is 15.6 Å². The smallest absolute Gasteiger partial charge is 0.326 e. The fraction of sp³-hybridized carbons (Fsp3) is 0.389. The van der Waals surface area contributed by atoms with Gasteiger partial charge in [-0.1, -0.05) is 31.4 Å². The fourth-order valence-electron chi connectivity index (χ4n) is 3.92. The monoisotopic (exact) mass is 378 g/mol. The Morgan fingerprint density at radius 1 is 1.15 bits per heavy atom. The minimum Gasteiger partial charge on any atom is -0.506 e. The number of rotatable bonds is 2. The van der Waals surface area contributed by atoms with Gasteiger partial charge in [0.2, 0.25) is 0 Å². The van der Waals surface area contributed by atoms with Gasteiger partial charge >= 0.3 is 10.2 Å². The molecule has 1 aliphatic heterocycles. The van der Waals surface area contributed by atoms with Gasteiger partial charge in [-0.2, -0.15) is 8.42 Å². The van der Waals surface area contributed by atoms with Crippen LogP contribution in [0, 0.1) is 5.82 Å². The number of aromatic hydroxyl groups is 1. The Labute approximate surface area is 150 Å². The number of hydrogen-bond donors (Lipinski definition) is 2. The Bertz CT molecular complexity index is 1000. The largest absolute Gasteiger partial charge is 0.506 e. The van der Waals surface area contributed by atoms with Gasteiger partial charge < -0.3 is 5.11 Å². The average Bonchev–Trinajstić information content (AvgIpc) is 2.88. The van der Waals surface area contributed by atoms with E-state index in [0.717, 1.165) is 31.2 Å².